The molecule has 1 aromatic carbocycles. The van der Waals surface area contributed by atoms with Gasteiger partial charge in [0.2, 0.25) is 5.95 Å². The molecule has 1 fully saturated rings. The largest absolute Gasteiger partial charge is 0.379 e. The van der Waals surface area contributed by atoms with Gasteiger partial charge in [0.05, 0.1) is 12.6 Å². The standard InChI is InChI=1S/C22H26ClN5OS/c1-15-12-20(26-21(24)25-15)28-9-5-10-29-14-19(28)17-13-16(6-7-18(17)23)27-22(2)8-3-4-11-30-22/h3-4,6-8,11-13,19,27H,5,9-10,14H2,1-2H3,(H2,24,25,26). The first-order valence-corrected chi connectivity index (χ1v) is 11.2. The summed E-state index contributed by atoms with van der Waals surface area (Å²) in [6, 6.07) is 7.96. The van der Waals surface area contributed by atoms with Crippen LogP contribution in [0, 0.1) is 6.92 Å². The van der Waals surface area contributed by atoms with Gasteiger partial charge in [-0.2, -0.15) is 4.98 Å². The fourth-order valence-corrected chi connectivity index (χ4v) is 4.80. The molecule has 2 unspecified atom stereocenters. The summed E-state index contributed by atoms with van der Waals surface area (Å²) in [4.78, 5) is 10.7. The highest BCUT2D eigenvalue weighted by molar-refractivity contribution is 8.03. The molecule has 30 heavy (non-hydrogen) atoms. The summed E-state index contributed by atoms with van der Waals surface area (Å²) >= 11 is 8.41. The monoisotopic (exact) mass is 443 g/mol. The van der Waals surface area contributed by atoms with Crippen molar-refractivity contribution in [3.8, 4) is 0 Å². The molecule has 1 saturated heterocycles. The number of nitrogen functional groups attached to an aromatic ring is 1. The van der Waals surface area contributed by atoms with Gasteiger partial charge < -0.3 is 20.7 Å². The van der Waals surface area contributed by atoms with Crippen molar-refractivity contribution in [3.63, 3.8) is 0 Å². The van der Waals surface area contributed by atoms with Crippen LogP contribution in [-0.4, -0.2) is 34.6 Å². The van der Waals surface area contributed by atoms with Gasteiger partial charge >= 0.3 is 0 Å². The Kier molecular flexibility index (Phi) is 6.22. The third-order valence-electron chi connectivity index (χ3n) is 5.16. The van der Waals surface area contributed by atoms with Crippen molar-refractivity contribution in [2.75, 3.05) is 35.7 Å². The Labute approximate surface area is 186 Å². The van der Waals surface area contributed by atoms with Crippen LogP contribution in [0.2, 0.25) is 5.02 Å². The second kappa shape index (κ2) is 8.88. The van der Waals surface area contributed by atoms with Crippen LogP contribution in [-0.2, 0) is 4.74 Å². The van der Waals surface area contributed by atoms with Crippen molar-refractivity contribution < 1.29 is 4.74 Å². The number of hydrogen-bond acceptors (Lipinski definition) is 7. The first-order chi connectivity index (χ1) is 14.4. The number of halogens is 1. The normalized spacial score (nSPS) is 24.0. The SMILES string of the molecule is Cc1cc(N2CCCOCC2c2cc(NC3(C)C=CC=CS3)ccc2Cl)nc(N)n1. The summed E-state index contributed by atoms with van der Waals surface area (Å²) in [6.07, 6.45) is 7.15. The Morgan fingerprint density at radius 2 is 2.17 bits per heavy atom. The average molecular weight is 444 g/mol. The number of allylic oxidation sites excluding steroid dienone is 2. The van der Waals surface area contributed by atoms with E-state index >= 15 is 0 Å². The van der Waals surface area contributed by atoms with Crippen LogP contribution in [0.25, 0.3) is 0 Å². The number of nitrogens with zero attached hydrogens (tertiary/aromatic N) is 3. The van der Waals surface area contributed by atoms with Crippen LogP contribution in [0.5, 0.6) is 0 Å². The minimum atomic E-state index is -0.211. The van der Waals surface area contributed by atoms with Gasteiger partial charge in [0, 0.05) is 35.6 Å². The highest BCUT2D eigenvalue weighted by Gasteiger charge is 2.28. The van der Waals surface area contributed by atoms with Crippen LogP contribution in [0.15, 0.2) is 47.9 Å². The maximum atomic E-state index is 6.68. The minimum absolute atomic E-state index is 0.0716. The van der Waals surface area contributed by atoms with Gasteiger partial charge in [0.1, 0.15) is 10.7 Å². The number of thioether (sulfide) groups is 1. The predicted octanol–water partition coefficient (Wildman–Crippen LogP) is 4.93. The smallest absolute Gasteiger partial charge is 0.222 e. The third-order valence-corrected chi connectivity index (χ3v) is 6.52. The van der Waals surface area contributed by atoms with E-state index in [0.717, 1.165) is 35.7 Å². The Morgan fingerprint density at radius 1 is 1.30 bits per heavy atom. The number of aromatic nitrogens is 2. The second-order valence-corrected chi connectivity index (χ2v) is 9.40. The molecule has 1 aromatic heterocycles. The van der Waals surface area contributed by atoms with E-state index in [-0.39, 0.29) is 16.9 Å². The summed E-state index contributed by atoms with van der Waals surface area (Å²) in [5, 5.41) is 6.41. The quantitative estimate of drug-likeness (QED) is 0.693. The van der Waals surface area contributed by atoms with Crippen LogP contribution in [0.3, 0.4) is 0 Å². The van der Waals surface area contributed by atoms with E-state index in [0.29, 0.717) is 18.2 Å². The first-order valence-electron chi connectivity index (χ1n) is 9.99. The molecule has 0 spiro atoms. The highest BCUT2D eigenvalue weighted by atomic mass is 35.5. The molecule has 2 aromatic rings. The first kappa shape index (κ1) is 21.0. The zero-order valence-corrected chi connectivity index (χ0v) is 18.7. The summed E-state index contributed by atoms with van der Waals surface area (Å²) in [7, 11) is 0. The number of hydrogen-bond donors (Lipinski definition) is 2. The third kappa shape index (κ3) is 4.74. The van der Waals surface area contributed by atoms with E-state index in [9.17, 15) is 0 Å². The average Bonchev–Trinajstić information content (AvgIpc) is 2.95. The van der Waals surface area contributed by atoms with Gasteiger partial charge in [-0.05, 0) is 55.5 Å². The van der Waals surface area contributed by atoms with Crippen molar-refractivity contribution >= 4 is 40.8 Å². The number of ether oxygens (including phenoxy) is 1. The molecule has 0 aliphatic carbocycles. The van der Waals surface area contributed by atoms with Gasteiger partial charge in [-0.3, -0.25) is 0 Å². The molecule has 2 atom stereocenters. The molecule has 3 N–H and O–H groups in total. The van der Waals surface area contributed by atoms with Crippen molar-refractivity contribution in [1.82, 2.24) is 9.97 Å². The molecule has 6 nitrogen and oxygen atoms in total. The maximum absolute atomic E-state index is 6.68. The van der Waals surface area contributed by atoms with E-state index < -0.39 is 0 Å². The number of rotatable bonds is 4. The molecular weight excluding hydrogens is 418 g/mol. The molecule has 3 heterocycles. The van der Waals surface area contributed by atoms with Gasteiger partial charge in [-0.15, -0.1) is 11.8 Å². The van der Waals surface area contributed by atoms with Crippen LogP contribution in [0.1, 0.15) is 30.6 Å². The van der Waals surface area contributed by atoms with Crippen LogP contribution < -0.4 is 16.0 Å². The van der Waals surface area contributed by atoms with Crippen molar-refractivity contribution in [2.45, 2.75) is 31.2 Å². The van der Waals surface area contributed by atoms with Gasteiger partial charge in [0.15, 0.2) is 0 Å². The number of nitrogens with one attached hydrogen (secondary N) is 1. The summed E-state index contributed by atoms with van der Waals surface area (Å²) < 4.78 is 5.92. The molecular formula is C22H26ClN5OS. The topological polar surface area (TPSA) is 76.3 Å². The summed E-state index contributed by atoms with van der Waals surface area (Å²) in [5.74, 6) is 1.07. The number of aryl methyl sites for hydroxylation is 1. The number of nitrogens with two attached hydrogens (primary N) is 1. The number of benzene rings is 1. The van der Waals surface area contributed by atoms with Crippen molar-refractivity contribution in [2.24, 2.45) is 0 Å². The van der Waals surface area contributed by atoms with Crippen molar-refractivity contribution in [1.29, 1.82) is 0 Å². The molecule has 0 radical (unpaired) electrons. The molecule has 158 valence electrons. The Hall–Kier alpha value is -2.22. The highest BCUT2D eigenvalue weighted by Crippen LogP contribution is 2.37. The lowest BCUT2D eigenvalue weighted by Crippen LogP contribution is -2.32. The van der Waals surface area contributed by atoms with E-state index in [2.05, 4.69) is 50.7 Å². The van der Waals surface area contributed by atoms with Gasteiger partial charge in [0.25, 0.3) is 0 Å². The lowest BCUT2D eigenvalue weighted by Gasteiger charge is -2.33. The fourth-order valence-electron chi connectivity index (χ4n) is 3.77. The molecule has 0 amide bonds. The van der Waals surface area contributed by atoms with E-state index in [1.54, 1.807) is 11.8 Å². The zero-order chi connectivity index (χ0) is 21.1. The molecule has 4 rings (SSSR count). The Morgan fingerprint density at radius 3 is 2.93 bits per heavy atom. The summed E-state index contributed by atoms with van der Waals surface area (Å²) in [6.45, 7) is 6.11. The Balaban J connectivity index is 1.68. The van der Waals surface area contributed by atoms with E-state index in [4.69, 9.17) is 22.1 Å². The molecule has 0 saturated carbocycles. The predicted molar refractivity (Wildman–Crippen MR) is 126 cm³/mol. The molecule has 2 aliphatic rings. The van der Waals surface area contributed by atoms with Gasteiger partial charge in [-0.1, -0.05) is 23.8 Å². The Bertz CT molecular complexity index is 962. The second-order valence-electron chi connectivity index (χ2n) is 7.64. The molecule has 0 bridgehead atoms. The zero-order valence-electron chi connectivity index (χ0n) is 17.1. The van der Waals surface area contributed by atoms with Gasteiger partial charge in [-0.25, -0.2) is 4.98 Å². The summed E-state index contributed by atoms with van der Waals surface area (Å²) in [5.41, 5.74) is 8.78. The van der Waals surface area contributed by atoms with E-state index in [1.165, 1.54) is 0 Å². The lowest BCUT2D eigenvalue weighted by atomic mass is 10.0. The number of anilines is 3. The minimum Gasteiger partial charge on any atom is -0.379 e. The lowest BCUT2D eigenvalue weighted by molar-refractivity contribution is 0.134. The maximum Gasteiger partial charge on any atom is 0.222 e. The fraction of sp³-hybridized carbons (Fsp3) is 0.364. The van der Waals surface area contributed by atoms with Crippen molar-refractivity contribution in [3.05, 3.63) is 64.2 Å². The molecule has 2 aliphatic heterocycles. The van der Waals surface area contributed by atoms with Crippen LogP contribution in [0.4, 0.5) is 17.5 Å². The molecule has 8 heteroatoms. The van der Waals surface area contributed by atoms with Crippen LogP contribution >= 0.6 is 23.4 Å². The van der Waals surface area contributed by atoms with E-state index in [1.807, 2.05) is 31.2 Å².